The van der Waals surface area contributed by atoms with Gasteiger partial charge in [-0.1, -0.05) is 11.3 Å². The Balaban J connectivity index is 2.30. The van der Waals surface area contributed by atoms with E-state index in [-0.39, 0.29) is 15.5 Å². The monoisotopic (exact) mass is 339 g/mol. The normalized spacial score (nSPS) is 12.1. The Morgan fingerprint density at radius 1 is 1.43 bits per heavy atom. The van der Waals surface area contributed by atoms with Gasteiger partial charge in [-0.3, -0.25) is 0 Å². The zero-order valence-electron chi connectivity index (χ0n) is 10.6. The number of tetrazole rings is 1. The first kappa shape index (κ1) is 15.7. The molecule has 0 spiro atoms. The van der Waals surface area contributed by atoms with Crippen LogP contribution in [0.2, 0.25) is 0 Å². The molecule has 0 atom stereocenters. The molecule has 0 saturated heterocycles. The average molecular weight is 339 g/mol. The molecule has 21 heavy (non-hydrogen) atoms. The Hall–Kier alpha value is -1.69. The zero-order valence-corrected chi connectivity index (χ0v) is 12.3. The van der Waals surface area contributed by atoms with Crippen LogP contribution in [0.4, 0.5) is 13.2 Å². The summed E-state index contributed by atoms with van der Waals surface area (Å²) in [5, 5.41) is 20.2. The molecule has 0 saturated carbocycles. The molecule has 0 aliphatic carbocycles. The third-order valence-corrected chi connectivity index (χ3v) is 4.07. The standard InChI is InChI=1S/C9H8F3N5O2S2/c1-3(2)17-15-7(14-16-17)21-8-13-5(9(10,11)12)4(20-8)6(18)19/h3H,1-2H3,(H,18,19). The predicted molar refractivity (Wildman–Crippen MR) is 66.4 cm³/mol. The molecule has 12 heteroatoms. The first-order chi connectivity index (χ1) is 9.68. The van der Waals surface area contributed by atoms with Crippen molar-refractivity contribution in [3.63, 3.8) is 0 Å². The van der Waals surface area contributed by atoms with Gasteiger partial charge in [0.25, 0.3) is 0 Å². The third kappa shape index (κ3) is 3.50. The van der Waals surface area contributed by atoms with Crippen molar-refractivity contribution in [3.05, 3.63) is 10.6 Å². The number of aromatic nitrogens is 5. The molecule has 0 unspecified atom stereocenters. The summed E-state index contributed by atoms with van der Waals surface area (Å²) < 4.78 is 38.0. The van der Waals surface area contributed by atoms with Crippen LogP contribution in [-0.2, 0) is 6.18 Å². The van der Waals surface area contributed by atoms with Gasteiger partial charge in [0.2, 0.25) is 5.16 Å². The molecule has 1 N–H and O–H groups in total. The van der Waals surface area contributed by atoms with Crippen LogP contribution in [0, 0.1) is 0 Å². The van der Waals surface area contributed by atoms with E-state index in [9.17, 15) is 18.0 Å². The Labute approximate surface area is 124 Å². The summed E-state index contributed by atoms with van der Waals surface area (Å²) in [6.07, 6.45) is -4.83. The van der Waals surface area contributed by atoms with E-state index in [0.29, 0.717) is 11.3 Å². The molecule has 2 aromatic heterocycles. The van der Waals surface area contributed by atoms with E-state index in [2.05, 4.69) is 20.4 Å². The van der Waals surface area contributed by atoms with Crippen LogP contribution in [0.1, 0.15) is 35.3 Å². The minimum atomic E-state index is -4.83. The molecule has 114 valence electrons. The van der Waals surface area contributed by atoms with Crippen molar-refractivity contribution in [1.82, 2.24) is 25.2 Å². The van der Waals surface area contributed by atoms with E-state index >= 15 is 0 Å². The lowest BCUT2D eigenvalue weighted by Gasteiger charge is -2.02. The van der Waals surface area contributed by atoms with E-state index in [1.807, 2.05) is 13.8 Å². The van der Waals surface area contributed by atoms with Gasteiger partial charge in [0, 0.05) is 0 Å². The van der Waals surface area contributed by atoms with Crippen molar-refractivity contribution in [2.75, 3.05) is 0 Å². The second kappa shape index (κ2) is 5.60. The fraction of sp³-hybridized carbons (Fsp3) is 0.444. The number of rotatable bonds is 4. The number of carboxylic acid groups (broad SMARTS) is 1. The molecule has 0 bridgehead atoms. The molecule has 2 rings (SSSR count). The molecule has 0 aliphatic rings. The molecule has 0 aromatic carbocycles. The number of thiazole rings is 1. The van der Waals surface area contributed by atoms with Gasteiger partial charge < -0.3 is 5.11 Å². The summed E-state index contributed by atoms with van der Waals surface area (Å²) in [6.45, 7) is 3.62. The van der Waals surface area contributed by atoms with E-state index in [4.69, 9.17) is 5.11 Å². The van der Waals surface area contributed by atoms with Crippen molar-refractivity contribution in [3.8, 4) is 0 Å². The van der Waals surface area contributed by atoms with Crippen LogP contribution in [0.15, 0.2) is 9.50 Å². The highest BCUT2D eigenvalue weighted by Gasteiger charge is 2.40. The second-order valence-corrected chi connectivity index (χ2v) is 6.26. The Morgan fingerprint density at radius 3 is 2.52 bits per heavy atom. The highest BCUT2D eigenvalue weighted by Crippen LogP contribution is 2.38. The minimum absolute atomic E-state index is 0.0524. The topological polar surface area (TPSA) is 93.8 Å². The van der Waals surface area contributed by atoms with Gasteiger partial charge in [-0.05, 0) is 30.8 Å². The lowest BCUT2D eigenvalue weighted by molar-refractivity contribution is -0.141. The smallest absolute Gasteiger partial charge is 0.435 e. The van der Waals surface area contributed by atoms with Crippen molar-refractivity contribution < 1.29 is 23.1 Å². The number of hydrogen-bond acceptors (Lipinski definition) is 7. The van der Waals surface area contributed by atoms with Gasteiger partial charge in [0.05, 0.1) is 6.04 Å². The van der Waals surface area contributed by atoms with Gasteiger partial charge in [0.1, 0.15) is 4.88 Å². The number of carbonyl (C=O) groups is 1. The molecule has 0 aliphatic heterocycles. The van der Waals surface area contributed by atoms with Gasteiger partial charge in [0.15, 0.2) is 10.0 Å². The first-order valence-electron chi connectivity index (χ1n) is 5.47. The molecule has 7 nitrogen and oxygen atoms in total. The van der Waals surface area contributed by atoms with E-state index in [1.54, 1.807) is 0 Å². The molecule has 0 amide bonds. The largest absolute Gasteiger partial charge is 0.477 e. The van der Waals surface area contributed by atoms with Crippen molar-refractivity contribution in [1.29, 1.82) is 0 Å². The van der Waals surface area contributed by atoms with E-state index in [1.165, 1.54) is 4.80 Å². The highest BCUT2D eigenvalue weighted by atomic mass is 32.2. The lowest BCUT2D eigenvalue weighted by Crippen LogP contribution is -2.11. The minimum Gasteiger partial charge on any atom is -0.477 e. The van der Waals surface area contributed by atoms with Crippen LogP contribution in [0.25, 0.3) is 0 Å². The lowest BCUT2D eigenvalue weighted by atomic mass is 10.3. The van der Waals surface area contributed by atoms with Crippen LogP contribution in [0.3, 0.4) is 0 Å². The summed E-state index contributed by atoms with van der Waals surface area (Å²) in [5.74, 6) is -1.68. The van der Waals surface area contributed by atoms with Gasteiger partial charge in [-0.15, -0.1) is 10.2 Å². The average Bonchev–Trinajstić information content (AvgIpc) is 2.95. The van der Waals surface area contributed by atoms with Crippen LogP contribution in [0.5, 0.6) is 0 Å². The number of aromatic carboxylic acids is 1. The van der Waals surface area contributed by atoms with E-state index in [0.717, 1.165) is 11.8 Å². The van der Waals surface area contributed by atoms with Gasteiger partial charge >= 0.3 is 12.1 Å². The van der Waals surface area contributed by atoms with Crippen molar-refractivity contribution in [2.24, 2.45) is 0 Å². The van der Waals surface area contributed by atoms with Crippen molar-refractivity contribution >= 4 is 29.1 Å². The molecular formula is C9H8F3N5O2S2. The molecule has 2 aromatic rings. The summed E-state index contributed by atoms with van der Waals surface area (Å²) in [7, 11) is 0. The molecule has 2 heterocycles. The summed E-state index contributed by atoms with van der Waals surface area (Å²) in [4.78, 5) is 14.6. The number of hydrogen-bond donors (Lipinski definition) is 1. The van der Waals surface area contributed by atoms with Gasteiger partial charge in [-0.2, -0.15) is 18.0 Å². The number of halogens is 3. The van der Waals surface area contributed by atoms with Gasteiger partial charge in [-0.25, -0.2) is 9.78 Å². The highest BCUT2D eigenvalue weighted by molar-refractivity contribution is 8.00. The fourth-order valence-corrected chi connectivity index (χ4v) is 3.02. The predicted octanol–water partition coefficient (Wildman–Crippen LogP) is 2.58. The number of carboxylic acids is 1. The maximum atomic E-state index is 12.7. The first-order valence-corrected chi connectivity index (χ1v) is 7.10. The van der Waals surface area contributed by atoms with Crippen LogP contribution >= 0.6 is 23.1 Å². The van der Waals surface area contributed by atoms with Crippen molar-refractivity contribution in [2.45, 2.75) is 35.6 Å². The zero-order chi connectivity index (χ0) is 15.8. The van der Waals surface area contributed by atoms with Crippen LogP contribution in [-0.4, -0.2) is 36.3 Å². The number of alkyl halides is 3. The molecular weight excluding hydrogens is 331 g/mol. The second-order valence-electron chi connectivity index (χ2n) is 4.05. The summed E-state index contributed by atoms with van der Waals surface area (Å²) in [6, 6.07) is -0.0524. The Kier molecular flexibility index (Phi) is 4.18. The summed E-state index contributed by atoms with van der Waals surface area (Å²) >= 11 is 1.16. The molecule has 0 radical (unpaired) electrons. The molecule has 0 fully saturated rings. The maximum Gasteiger partial charge on any atom is 0.435 e. The fourth-order valence-electron chi connectivity index (χ4n) is 1.23. The van der Waals surface area contributed by atoms with E-state index < -0.39 is 22.7 Å². The maximum absolute atomic E-state index is 12.7. The third-order valence-electron chi connectivity index (χ3n) is 2.12. The summed E-state index contributed by atoms with van der Waals surface area (Å²) in [5.41, 5.74) is -1.42. The Morgan fingerprint density at radius 2 is 2.10 bits per heavy atom. The Bertz CT molecular complexity index is 667. The SMILES string of the molecule is CC(C)n1nnc(Sc2nc(C(F)(F)F)c(C(=O)O)s2)n1. The van der Waals surface area contributed by atoms with Crippen LogP contribution < -0.4 is 0 Å². The quantitative estimate of drug-likeness (QED) is 0.915. The number of nitrogens with zero attached hydrogens (tertiary/aromatic N) is 5.